The molecule has 0 saturated carbocycles. The summed E-state index contributed by atoms with van der Waals surface area (Å²) in [4.78, 5) is 0. The highest BCUT2D eigenvalue weighted by Crippen LogP contribution is 2.25. The van der Waals surface area contributed by atoms with E-state index < -0.39 is 12.2 Å². The molecule has 2 N–H and O–H groups in total. The minimum absolute atomic E-state index is 0.00217. The monoisotopic (exact) mass is 230 g/mol. The van der Waals surface area contributed by atoms with Gasteiger partial charge >= 0.3 is 0 Å². The van der Waals surface area contributed by atoms with Gasteiger partial charge in [-0.05, 0) is 30.2 Å². The van der Waals surface area contributed by atoms with E-state index in [1.54, 1.807) is 19.2 Å². The maximum absolute atomic E-state index is 9.80. The molecule has 0 amide bonds. The number of aryl methyl sites for hydroxylation is 1. The second-order valence-electron chi connectivity index (χ2n) is 3.39. The highest BCUT2D eigenvalue weighted by Gasteiger charge is 2.19. The smallest absolute Gasteiger partial charge is 0.119 e. The first-order chi connectivity index (χ1) is 7.10. The Morgan fingerprint density at radius 1 is 1.40 bits per heavy atom. The van der Waals surface area contributed by atoms with E-state index in [4.69, 9.17) is 16.3 Å². The Bertz CT molecular complexity index is 328. The van der Waals surface area contributed by atoms with Crippen LogP contribution in [-0.2, 0) is 0 Å². The Kier molecular flexibility index (Phi) is 4.39. The third kappa shape index (κ3) is 2.84. The molecule has 2 atom stereocenters. The van der Waals surface area contributed by atoms with Crippen LogP contribution in [0, 0.1) is 6.92 Å². The fourth-order valence-electron chi connectivity index (χ4n) is 1.36. The molecule has 0 bridgehead atoms. The lowest BCUT2D eigenvalue weighted by atomic mass is 10.00. The van der Waals surface area contributed by atoms with Gasteiger partial charge in [0.1, 0.15) is 11.9 Å². The van der Waals surface area contributed by atoms with E-state index >= 15 is 0 Å². The van der Waals surface area contributed by atoms with Gasteiger partial charge in [-0.25, -0.2) is 0 Å². The zero-order chi connectivity index (χ0) is 11.4. The maximum Gasteiger partial charge on any atom is 0.119 e. The minimum Gasteiger partial charge on any atom is -0.497 e. The first-order valence-electron chi connectivity index (χ1n) is 4.66. The van der Waals surface area contributed by atoms with Gasteiger partial charge in [-0.15, -0.1) is 11.6 Å². The molecule has 84 valence electrons. The molecule has 4 heteroatoms. The Hall–Kier alpha value is -0.770. The average molecular weight is 231 g/mol. The molecule has 0 aliphatic heterocycles. The first-order valence-corrected chi connectivity index (χ1v) is 5.20. The van der Waals surface area contributed by atoms with Crippen molar-refractivity contribution >= 4 is 11.6 Å². The van der Waals surface area contributed by atoms with Crippen molar-refractivity contribution in [3.05, 3.63) is 29.3 Å². The van der Waals surface area contributed by atoms with E-state index in [-0.39, 0.29) is 5.88 Å². The molecule has 1 aromatic carbocycles. The molecule has 0 radical (unpaired) electrons. The summed E-state index contributed by atoms with van der Waals surface area (Å²) in [7, 11) is 1.55. The number of aliphatic hydroxyl groups excluding tert-OH is 2. The van der Waals surface area contributed by atoms with Crippen LogP contribution >= 0.6 is 11.6 Å². The van der Waals surface area contributed by atoms with E-state index in [0.29, 0.717) is 11.3 Å². The van der Waals surface area contributed by atoms with Gasteiger partial charge in [-0.2, -0.15) is 0 Å². The minimum atomic E-state index is -0.974. The van der Waals surface area contributed by atoms with Crippen LogP contribution in [0.3, 0.4) is 0 Å². The Labute approximate surface area is 94.3 Å². The van der Waals surface area contributed by atoms with Crippen molar-refractivity contribution < 1.29 is 14.9 Å². The molecule has 0 saturated heterocycles. The zero-order valence-corrected chi connectivity index (χ0v) is 9.53. The van der Waals surface area contributed by atoms with Crippen LogP contribution in [0.5, 0.6) is 5.75 Å². The lowest BCUT2D eigenvalue weighted by Crippen LogP contribution is -2.20. The SMILES string of the molecule is COc1ccc(C)c(C(O)C(O)CCl)c1. The molecular weight excluding hydrogens is 216 g/mol. The van der Waals surface area contributed by atoms with Crippen molar-refractivity contribution in [2.24, 2.45) is 0 Å². The summed E-state index contributed by atoms with van der Waals surface area (Å²) in [5.41, 5.74) is 1.54. The van der Waals surface area contributed by atoms with Crippen LogP contribution in [-0.4, -0.2) is 29.3 Å². The van der Waals surface area contributed by atoms with Crippen molar-refractivity contribution in [3.63, 3.8) is 0 Å². The molecule has 0 heterocycles. The topological polar surface area (TPSA) is 49.7 Å². The third-order valence-corrected chi connectivity index (χ3v) is 2.64. The summed E-state index contributed by atoms with van der Waals surface area (Å²) < 4.78 is 5.05. The van der Waals surface area contributed by atoms with Crippen molar-refractivity contribution in [3.8, 4) is 5.75 Å². The summed E-state index contributed by atoms with van der Waals surface area (Å²) >= 11 is 5.48. The zero-order valence-electron chi connectivity index (χ0n) is 8.77. The molecule has 0 aliphatic carbocycles. The van der Waals surface area contributed by atoms with Crippen LogP contribution in [0.4, 0.5) is 0 Å². The van der Waals surface area contributed by atoms with Gasteiger partial charge in [0, 0.05) is 0 Å². The lowest BCUT2D eigenvalue weighted by Gasteiger charge is -2.18. The van der Waals surface area contributed by atoms with Gasteiger partial charge in [-0.3, -0.25) is 0 Å². The predicted molar refractivity (Wildman–Crippen MR) is 59.4 cm³/mol. The van der Waals surface area contributed by atoms with Crippen molar-refractivity contribution in [2.45, 2.75) is 19.1 Å². The number of hydrogen-bond acceptors (Lipinski definition) is 3. The fraction of sp³-hybridized carbons (Fsp3) is 0.455. The number of methoxy groups -OCH3 is 1. The van der Waals surface area contributed by atoms with Gasteiger partial charge in [0.15, 0.2) is 0 Å². The summed E-state index contributed by atoms with van der Waals surface area (Å²) in [6, 6.07) is 5.34. The second kappa shape index (κ2) is 5.35. The van der Waals surface area contributed by atoms with Crippen LogP contribution in [0.2, 0.25) is 0 Å². The largest absolute Gasteiger partial charge is 0.497 e. The highest BCUT2D eigenvalue weighted by atomic mass is 35.5. The molecular formula is C11H15ClO3. The number of benzene rings is 1. The van der Waals surface area contributed by atoms with Crippen LogP contribution in [0.25, 0.3) is 0 Å². The molecule has 15 heavy (non-hydrogen) atoms. The highest BCUT2D eigenvalue weighted by molar-refractivity contribution is 6.18. The maximum atomic E-state index is 9.80. The summed E-state index contributed by atoms with van der Waals surface area (Å²) in [5, 5.41) is 19.2. The van der Waals surface area contributed by atoms with Gasteiger partial charge in [0.25, 0.3) is 0 Å². The molecule has 0 fully saturated rings. The van der Waals surface area contributed by atoms with E-state index in [9.17, 15) is 10.2 Å². The quantitative estimate of drug-likeness (QED) is 0.774. The number of halogens is 1. The van der Waals surface area contributed by atoms with Crippen molar-refractivity contribution in [1.29, 1.82) is 0 Å². The lowest BCUT2D eigenvalue weighted by molar-refractivity contribution is 0.0322. The van der Waals surface area contributed by atoms with Crippen LogP contribution in [0.1, 0.15) is 17.2 Å². The summed E-state index contributed by atoms with van der Waals surface area (Å²) in [5.74, 6) is 0.647. The molecule has 0 aromatic heterocycles. The Morgan fingerprint density at radius 3 is 2.60 bits per heavy atom. The van der Waals surface area contributed by atoms with E-state index in [1.165, 1.54) is 0 Å². The van der Waals surface area contributed by atoms with Crippen molar-refractivity contribution in [2.75, 3.05) is 13.0 Å². The van der Waals surface area contributed by atoms with Crippen molar-refractivity contribution in [1.82, 2.24) is 0 Å². The number of hydrogen-bond donors (Lipinski definition) is 2. The van der Waals surface area contributed by atoms with E-state index in [1.807, 2.05) is 13.0 Å². The van der Waals surface area contributed by atoms with Gasteiger partial charge in [0.05, 0.1) is 19.1 Å². The normalized spacial score (nSPS) is 14.7. The third-order valence-electron chi connectivity index (χ3n) is 2.33. The molecule has 0 aliphatic rings. The predicted octanol–water partition coefficient (Wildman–Crippen LogP) is 1.64. The number of rotatable bonds is 4. The second-order valence-corrected chi connectivity index (χ2v) is 3.70. The van der Waals surface area contributed by atoms with Crippen LogP contribution < -0.4 is 4.74 Å². The van der Waals surface area contributed by atoms with Gasteiger partial charge < -0.3 is 14.9 Å². The average Bonchev–Trinajstić information content (AvgIpc) is 2.27. The molecule has 0 spiro atoms. The Morgan fingerprint density at radius 2 is 2.07 bits per heavy atom. The number of ether oxygens (including phenoxy) is 1. The summed E-state index contributed by atoms with van der Waals surface area (Å²) in [6.45, 7) is 1.86. The number of alkyl halides is 1. The van der Waals surface area contributed by atoms with E-state index in [0.717, 1.165) is 5.56 Å². The van der Waals surface area contributed by atoms with Gasteiger partial charge in [0.2, 0.25) is 0 Å². The summed E-state index contributed by atoms with van der Waals surface area (Å²) in [6.07, 6.45) is -1.94. The van der Waals surface area contributed by atoms with E-state index in [2.05, 4.69) is 0 Å². The Balaban J connectivity index is 3.01. The van der Waals surface area contributed by atoms with Gasteiger partial charge in [-0.1, -0.05) is 6.07 Å². The standard InChI is InChI=1S/C11H15ClO3/c1-7-3-4-8(15-2)5-9(7)11(14)10(13)6-12/h3-5,10-11,13-14H,6H2,1-2H3. The fourth-order valence-corrected chi connectivity index (χ4v) is 1.52. The molecule has 1 aromatic rings. The molecule has 1 rings (SSSR count). The molecule has 2 unspecified atom stereocenters. The first kappa shape index (κ1) is 12.3. The molecule has 3 nitrogen and oxygen atoms in total. The van der Waals surface area contributed by atoms with Crippen LogP contribution in [0.15, 0.2) is 18.2 Å². The number of aliphatic hydroxyl groups is 2.